The summed E-state index contributed by atoms with van der Waals surface area (Å²) in [5.74, 6) is 0.258. The zero-order chi connectivity index (χ0) is 9.19. The largest absolute Gasteiger partial charge is 0.320 e. The predicted molar refractivity (Wildman–Crippen MR) is 35.4 cm³/mol. The van der Waals surface area contributed by atoms with Crippen molar-refractivity contribution >= 4 is 12.2 Å². The molecule has 12 heavy (non-hydrogen) atoms. The Morgan fingerprint density at radius 3 is 2.50 bits per heavy atom. The molecule has 3 nitrogen and oxygen atoms in total. The highest BCUT2D eigenvalue weighted by Gasteiger charge is 2.45. The molecule has 1 aliphatic heterocycles. The molecule has 0 atom stereocenters. The van der Waals surface area contributed by atoms with Gasteiger partial charge in [0.15, 0.2) is 6.29 Å². The first kappa shape index (κ1) is 8.65. The van der Waals surface area contributed by atoms with Gasteiger partial charge in [0, 0.05) is 5.92 Å². The van der Waals surface area contributed by atoms with Crippen LogP contribution < -0.4 is 0 Å². The summed E-state index contributed by atoms with van der Waals surface area (Å²) < 4.78 is 24.3. The van der Waals surface area contributed by atoms with Crippen molar-refractivity contribution in [1.29, 1.82) is 0 Å². The van der Waals surface area contributed by atoms with Crippen LogP contribution in [0.1, 0.15) is 0 Å². The Kier molecular flexibility index (Phi) is 2.09. The van der Waals surface area contributed by atoms with Gasteiger partial charge in [0.2, 0.25) is 0 Å². The number of aldehydes is 1. The molecule has 0 saturated carbocycles. The van der Waals surface area contributed by atoms with Crippen molar-refractivity contribution in [1.82, 2.24) is 4.90 Å². The number of carbonyl (C=O) groups excluding carboxylic acids is 2. The number of hydrogen-bond donors (Lipinski definition) is 0. The summed E-state index contributed by atoms with van der Waals surface area (Å²) in [5, 5.41) is 0. The Morgan fingerprint density at radius 1 is 1.50 bits per heavy atom. The second kappa shape index (κ2) is 2.89. The first-order valence-corrected chi connectivity index (χ1v) is 3.17. The standard InChI is InChI=1S/C7H5F2NO2/c8-7(9)4-10(5-7)6(12)2-1-3-11/h3H,4-5H2. The van der Waals surface area contributed by atoms with E-state index in [1.54, 1.807) is 0 Å². The Morgan fingerprint density at radius 2 is 2.08 bits per heavy atom. The van der Waals surface area contributed by atoms with Gasteiger partial charge in [-0.3, -0.25) is 9.59 Å². The summed E-state index contributed by atoms with van der Waals surface area (Å²) in [5.41, 5.74) is 0. The van der Waals surface area contributed by atoms with Crippen LogP contribution in [0.2, 0.25) is 0 Å². The Hall–Kier alpha value is -1.44. The number of halogens is 2. The second-order valence-corrected chi connectivity index (χ2v) is 2.40. The smallest absolute Gasteiger partial charge is 0.299 e. The second-order valence-electron chi connectivity index (χ2n) is 2.40. The molecule has 0 bridgehead atoms. The molecule has 0 aromatic heterocycles. The molecule has 0 aromatic rings. The molecule has 0 aromatic carbocycles. The molecule has 1 fully saturated rings. The summed E-state index contributed by atoms with van der Waals surface area (Å²) >= 11 is 0. The number of carbonyl (C=O) groups is 2. The van der Waals surface area contributed by atoms with Crippen LogP contribution in [0.3, 0.4) is 0 Å². The van der Waals surface area contributed by atoms with Gasteiger partial charge in [-0.05, 0) is 5.92 Å². The molecule has 1 rings (SSSR count). The molecular weight excluding hydrogens is 168 g/mol. The maximum atomic E-state index is 12.2. The van der Waals surface area contributed by atoms with Crippen molar-refractivity contribution in [2.24, 2.45) is 0 Å². The van der Waals surface area contributed by atoms with Crippen molar-refractivity contribution in [2.75, 3.05) is 13.1 Å². The van der Waals surface area contributed by atoms with Gasteiger partial charge >= 0.3 is 0 Å². The van der Waals surface area contributed by atoms with Crippen molar-refractivity contribution in [3.8, 4) is 11.8 Å². The Bertz CT molecular complexity index is 269. The van der Waals surface area contributed by atoms with E-state index in [9.17, 15) is 18.4 Å². The van der Waals surface area contributed by atoms with E-state index in [1.165, 1.54) is 0 Å². The third-order valence-corrected chi connectivity index (χ3v) is 1.37. The van der Waals surface area contributed by atoms with Crippen LogP contribution in [0.15, 0.2) is 0 Å². The average molecular weight is 173 g/mol. The minimum absolute atomic E-state index is 0.246. The molecule has 1 saturated heterocycles. The lowest BCUT2D eigenvalue weighted by Gasteiger charge is -2.37. The van der Waals surface area contributed by atoms with Crippen LogP contribution in [-0.4, -0.2) is 36.1 Å². The zero-order valence-corrected chi connectivity index (χ0v) is 6.01. The van der Waals surface area contributed by atoms with Crippen molar-refractivity contribution in [3.63, 3.8) is 0 Å². The molecule has 0 unspecified atom stereocenters. The highest BCUT2D eigenvalue weighted by atomic mass is 19.3. The summed E-state index contributed by atoms with van der Waals surface area (Å²) in [6, 6.07) is 0. The fourth-order valence-corrected chi connectivity index (χ4v) is 0.826. The van der Waals surface area contributed by atoms with E-state index < -0.39 is 24.9 Å². The molecule has 5 heteroatoms. The minimum Gasteiger partial charge on any atom is -0.320 e. The van der Waals surface area contributed by atoms with Crippen LogP contribution in [0.5, 0.6) is 0 Å². The van der Waals surface area contributed by atoms with Gasteiger partial charge in [0.05, 0.1) is 13.1 Å². The monoisotopic (exact) mass is 173 g/mol. The fourth-order valence-electron chi connectivity index (χ4n) is 0.826. The van der Waals surface area contributed by atoms with Gasteiger partial charge in [-0.25, -0.2) is 8.78 Å². The molecular formula is C7H5F2NO2. The third kappa shape index (κ3) is 1.78. The third-order valence-electron chi connectivity index (χ3n) is 1.37. The van der Waals surface area contributed by atoms with Gasteiger partial charge in [-0.1, -0.05) is 0 Å². The SMILES string of the molecule is O=CC#CC(=O)N1CC(F)(F)C1. The highest BCUT2D eigenvalue weighted by Crippen LogP contribution is 2.26. The average Bonchev–Trinajstić information content (AvgIpc) is 1.95. The van der Waals surface area contributed by atoms with E-state index in [4.69, 9.17) is 0 Å². The van der Waals surface area contributed by atoms with Gasteiger partial charge < -0.3 is 4.90 Å². The Balaban J connectivity index is 2.43. The zero-order valence-electron chi connectivity index (χ0n) is 6.01. The highest BCUT2D eigenvalue weighted by molar-refractivity contribution is 5.97. The van der Waals surface area contributed by atoms with Crippen LogP contribution in [0.4, 0.5) is 8.78 Å². The Labute approximate surface area is 67.3 Å². The number of amides is 1. The lowest BCUT2D eigenvalue weighted by Crippen LogP contribution is -2.58. The van der Waals surface area contributed by atoms with E-state index in [-0.39, 0.29) is 6.29 Å². The van der Waals surface area contributed by atoms with Crippen LogP contribution in [0.25, 0.3) is 0 Å². The first-order valence-electron chi connectivity index (χ1n) is 3.17. The number of likely N-dealkylation sites (tertiary alicyclic amines) is 1. The van der Waals surface area contributed by atoms with Gasteiger partial charge in [-0.2, -0.15) is 0 Å². The van der Waals surface area contributed by atoms with E-state index >= 15 is 0 Å². The molecule has 0 N–H and O–H groups in total. The lowest BCUT2D eigenvalue weighted by molar-refractivity contribution is -0.160. The van der Waals surface area contributed by atoms with Crippen LogP contribution in [-0.2, 0) is 9.59 Å². The van der Waals surface area contributed by atoms with E-state index in [0.29, 0.717) is 0 Å². The summed E-state index contributed by atoms with van der Waals surface area (Å²) in [4.78, 5) is 21.3. The summed E-state index contributed by atoms with van der Waals surface area (Å²) in [7, 11) is 0. The van der Waals surface area contributed by atoms with Crippen LogP contribution in [0, 0.1) is 11.8 Å². The number of nitrogens with zero attached hydrogens (tertiary/aromatic N) is 1. The quantitative estimate of drug-likeness (QED) is 0.371. The molecule has 64 valence electrons. The van der Waals surface area contributed by atoms with Crippen molar-refractivity contribution in [2.45, 2.75) is 5.92 Å². The summed E-state index contributed by atoms with van der Waals surface area (Å²) in [6.45, 7) is -1.20. The minimum atomic E-state index is -2.78. The predicted octanol–water partition coefficient (Wildman–Crippen LogP) is -0.334. The molecule has 1 amide bonds. The van der Waals surface area contributed by atoms with Gasteiger partial charge in [0.1, 0.15) is 0 Å². The van der Waals surface area contributed by atoms with Crippen molar-refractivity contribution < 1.29 is 18.4 Å². The molecule has 1 aliphatic rings. The molecule has 0 spiro atoms. The lowest BCUT2D eigenvalue weighted by atomic mass is 10.1. The van der Waals surface area contributed by atoms with E-state index in [0.717, 1.165) is 4.90 Å². The summed E-state index contributed by atoms with van der Waals surface area (Å²) in [6.07, 6.45) is 0.246. The number of hydrogen-bond acceptors (Lipinski definition) is 2. The molecule has 0 radical (unpaired) electrons. The number of alkyl halides is 2. The van der Waals surface area contributed by atoms with Gasteiger partial charge in [-0.15, -0.1) is 0 Å². The molecule has 1 heterocycles. The van der Waals surface area contributed by atoms with Gasteiger partial charge in [0.25, 0.3) is 11.8 Å². The van der Waals surface area contributed by atoms with E-state index in [2.05, 4.69) is 0 Å². The maximum Gasteiger partial charge on any atom is 0.299 e. The van der Waals surface area contributed by atoms with Crippen LogP contribution >= 0.6 is 0 Å². The van der Waals surface area contributed by atoms with Crippen molar-refractivity contribution in [3.05, 3.63) is 0 Å². The van der Waals surface area contributed by atoms with E-state index in [1.807, 2.05) is 11.8 Å². The molecule has 0 aliphatic carbocycles. The first-order chi connectivity index (χ1) is 5.55. The normalized spacial score (nSPS) is 18.7. The fraction of sp³-hybridized carbons (Fsp3) is 0.429. The maximum absolute atomic E-state index is 12.2. The topological polar surface area (TPSA) is 37.4 Å². The number of rotatable bonds is 0.